The molecule has 126 valence electrons. The number of thiazole rings is 1. The third kappa shape index (κ3) is 3.97. The lowest BCUT2D eigenvalue weighted by molar-refractivity contribution is 0.424. The largest absolute Gasteiger partial charge is 0.356 e. The molecule has 0 spiro atoms. The number of hydrogen-bond donors (Lipinski definition) is 1. The number of nitrogens with zero attached hydrogens (tertiary/aromatic N) is 4. The van der Waals surface area contributed by atoms with Crippen LogP contribution in [-0.4, -0.2) is 19.9 Å². The Bertz CT molecular complexity index is 962. The summed E-state index contributed by atoms with van der Waals surface area (Å²) < 4.78 is 8.24. The molecule has 1 N–H and O–H groups in total. The number of aromatic nitrogens is 4. The van der Waals surface area contributed by atoms with E-state index in [1.54, 1.807) is 17.5 Å². The molecule has 0 amide bonds. The SMILES string of the molecule is Brc1cnn(Cc2cnc(NCc3cc(-c4ccccc4)on3)s2)c1. The fraction of sp³-hybridized carbons (Fsp3) is 0.118. The molecule has 0 radical (unpaired) electrons. The lowest BCUT2D eigenvalue weighted by Gasteiger charge is -1.98. The number of anilines is 1. The molecule has 0 bridgehead atoms. The highest BCUT2D eigenvalue weighted by Gasteiger charge is 2.08. The molecule has 3 aromatic heterocycles. The first-order valence-electron chi connectivity index (χ1n) is 7.64. The van der Waals surface area contributed by atoms with Crippen molar-refractivity contribution in [2.24, 2.45) is 0 Å². The Balaban J connectivity index is 1.37. The van der Waals surface area contributed by atoms with Gasteiger partial charge in [-0.25, -0.2) is 4.98 Å². The Morgan fingerprint density at radius 1 is 1.20 bits per heavy atom. The summed E-state index contributed by atoms with van der Waals surface area (Å²) in [6, 6.07) is 11.9. The summed E-state index contributed by atoms with van der Waals surface area (Å²) in [5.41, 5.74) is 1.86. The van der Waals surface area contributed by atoms with E-state index in [9.17, 15) is 0 Å². The fourth-order valence-electron chi connectivity index (χ4n) is 2.35. The average molecular weight is 416 g/mol. The maximum Gasteiger partial charge on any atom is 0.183 e. The molecule has 0 atom stereocenters. The second-order valence-corrected chi connectivity index (χ2v) is 7.42. The highest BCUT2D eigenvalue weighted by molar-refractivity contribution is 9.10. The van der Waals surface area contributed by atoms with E-state index < -0.39 is 0 Å². The van der Waals surface area contributed by atoms with Crippen LogP contribution in [0.25, 0.3) is 11.3 Å². The molecule has 0 fully saturated rings. The van der Waals surface area contributed by atoms with Gasteiger partial charge in [0.15, 0.2) is 10.9 Å². The third-order valence-corrected chi connectivity index (χ3v) is 4.86. The first-order valence-corrected chi connectivity index (χ1v) is 9.25. The van der Waals surface area contributed by atoms with Crippen molar-refractivity contribution in [3.63, 3.8) is 0 Å². The van der Waals surface area contributed by atoms with E-state index in [0.29, 0.717) is 13.1 Å². The number of hydrogen-bond acceptors (Lipinski definition) is 6. The summed E-state index contributed by atoms with van der Waals surface area (Å²) in [5, 5.41) is 12.5. The first kappa shape index (κ1) is 16.0. The molecule has 8 heteroatoms. The van der Waals surface area contributed by atoms with Crippen LogP contribution in [0, 0.1) is 0 Å². The summed E-state index contributed by atoms with van der Waals surface area (Å²) in [7, 11) is 0. The molecular weight excluding hydrogens is 402 g/mol. The average Bonchev–Trinajstić information content (AvgIpc) is 3.36. The molecular formula is C17H14BrN5OS. The Morgan fingerprint density at radius 3 is 2.88 bits per heavy atom. The zero-order valence-corrected chi connectivity index (χ0v) is 15.5. The van der Waals surface area contributed by atoms with Gasteiger partial charge < -0.3 is 9.84 Å². The molecule has 3 heterocycles. The van der Waals surface area contributed by atoms with Crippen molar-refractivity contribution in [2.75, 3.05) is 5.32 Å². The van der Waals surface area contributed by atoms with Crippen molar-refractivity contribution < 1.29 is 4.52 Å². The van der Waals surface area contributed by atoms with E-state index >= 15 is 0 Å². The molecule has 0 unspecified atom stereocenters. The van der Waals surface area contributed by atoms with Gasteiger partial charge in [-0.05, 0) is 15.9 Å². The van der Waals surface area contributed by atoms with Crippen molar-refractivity contribution >= 4 is 32.4 Å². The van der Waals surface area contributed by atoms with Crippen molar-refractivity contribution in [1.82, 2.24) is 19.9 Å². The minimum Gasteiger partial charge on any atom is -0.356 e. The zero-order valence-electron chi connectivity index (χ0n) is 13.1. The number of rotatable bonds is 6. The second kappa shape index (κ2) is 7.20. The van der Waals surface area contributed by atoms with Gasteiger partial charge >= 0.3 is 0 Å². The number of halogens is 1. The van der Waals surface area contributed by atoms with E-state index in [0.717, 1.165) is 31.5 Å². The second-order valence-electron chi connectivity index (χ2n) is 5.39. The fourth-order valence-corrected chi connectivity index (χ4v) is 3.47. The summed E-state index contributed by atoms with van der Waals surface area (Å²) in [6.45, 7) is 1.27. The maximum atomic E-state index is 5.40. The van der Waals surface area contributed by atoms with Crippen LogP contribution < -0.4 is 5.32 Å². The monoisotopic (exact) mass is 415 g/mol. The Labute approximate surface area is 156 Å². The van der Waals surface area contributed by atoms with Gasteiger partial charge in [-0.15, -0.1) is 11.3 Å². The number of nitrogens with one attached hydrogen (secondary N) is 1. The van der Waals surface area contributed by atoms with Crippen LogP contribution in [0.5, 0.6) is 0 Å². The van der Waals surface area contributed by atoms with Gasteiger partial charge in [0.05, 0.1) is 23.8 Å². The molecule has 0 aliphatic carbocycles. The highest BCUT2D eigenvalue weighted by Crippen LogP contribution is 2.22. The molecule has 1 aromatic carbocycles. The molecule has 4 rings (SSSR count). The van der Waals surface area contributed by atoms with Crippen molar-refractivity contribution in [3.8, 4) is 11.3 Å². The summed E-state index contributed by atoms with van der Waals surface area (Å²) in [6.07, 6.45) is 5.57. The van der Waals surface area contributed by atoms with Gasteiger partial charge in [-0.2, -0.15) is 5.10 Å². The van der Waals surface area contributed by atoms with Crippen LogP contribution in [0.3, 0.4) is 0 Å². The quantitative estimate of drug-likeness (QED) is 0.504. The van der Waals surface area contributed by atoms with Crippen LogP contribution in [0.15, 0.2) is 64.0 Å². The van der Waals surface area contributed by atoms with Crippen LogP contribution in [-0.2, 0) is 13.1 Å². The van der Waals surface area contributed by atoms with Crippen LogP contribution in [0.4, 0.5) is 5.13 Å². The molecule has 4 aromatic rings. The van der Waals surface area contributed by atoms with Gasteiger partial charge in [-0.1, -0.05) is 35.5 Å². The predicted molar refractivity (Wildman–Crippen MR) is 100 cm³/mol. The molecule has 0 saturated carbocycles. The Hall–Kier alpha value is -2.45. The highest BCUT2D eigenvalue weighted by atomic mass is 79.9. The molecule has 0 saturated heterocycles. The number of benzene rings is 1. The van der Waals surface area contributed by atoms with Gasteiger partial charge in [0.1, 0.15) is 5.69 Å². The zero-order chi connectivity index (χ0) is 17.1. The first-order chi connectivity index (χ1) is 12.3. The van der Waals surface area contributed by atoms with Crippen LogP contribution >= 0.6 is 27.3 Å². The van der Waals surface area contributed by atoms with Crippen molar-refractivity contribution in [2.45, 2.75) is 13.1 Å². The van der Waals surface area contributed by atoms with Crippen molar-refractivity contribution in [3.05, 3.63) is 70.0 Å². The summed E-state index contributed by atoms with van der Waals surface area (Å²) >= 11 is 5.00. The summed E-state index contributed by atoms with van der Waals surface area (Å²) in [4.78, 5) is 5.52. The smallest absolute Gasteiger partial charge is 0.183 e. The Morgan fingerprint density at radius 2 is 2.08 bits per heavy atom. The molecule has 6 nitrogen and oxygen atoms in total. The van der Waals surface area contributed by atoms with E-state index in [-0.39, 0.29) is 0 Å². The lowest BCUT2D eigenvalue weighted by Crippen LogP contribution is -1.98. The topological polar surface area (TPSA) is 68.8 Å². The van der Waals surface area contributed by atoms with Crippen LogP contribution in [0.2, 0.25) is 0 Å². The van der Waals surface area contributed by atoms with Crippen LogP contribution in [0.1, 0.15) is 10.6 Å². The third-order valence-electron chi connectivity index (χ3n) is 3.51. The molecule has 0 aliphatic rings. The van der Waals surface area contributed by atoms with E-state index in [4.69, 9.17) is 4.52 Å². The molecule has 25 heavy (non-hydrogen) atoms. The summed E-state index contributed by atoms with van der Waals surface area (Å²) in [5.74, 6) is 0.765. The normalized spacial score (nSPS) is 10.9. The predicted octanol–water partition coefficient (Wildman–Crippen LogP) is 4.42. The van der Waals surface area contributed by atoms with E-state index in [2.05, 4.69) is 36.5 Å². The van der Waals surface area contributed by atoms with E-state index in [1.165, 1.54) is 0 Å². The van der Waals surface area contributed by atoms with Gasteiger partial charge in [0.2, 0.25) is 0 Å². The maximum absolute atomic E-state index is 5.40. The lowest BCUT2D eigenvalue weighted by atomic mass is 10.2. The standard InChI is InChI=1S/C17H14BrN5OS/c18-13-7-21-23(10-13)11-15-9-20-17(25-15)19-8-14-6-16(24-22-14)12-4-2-1-3-5-12/h1-7,9-10H,8,11H2,(H,19,20). The van der Waals surface area contributed by atoms with E-state index in [1.807, 2.05) is 53.5 Å². The minimum absolute atomic E-state index is 0.566. The van der Waals surface area contributed by atoms with Gasteiger partial charge in [0.25, 0.3) is 0 Å². The minimum atomic E-state index is 0.566. The van der Waals surface area contributed by atoms with Gasteiger partial charge in [-0.3, -0.25) is 4.68 Å². The van der Waals surface area contributed by atoms with Gasteiger partial charge in [0, 0.05) is 28.9 Å². The molecule has 0 aliphatic heterocycles. The van der Waals surface area contributed by atoms with Crippen molar-refractivity contribution in [1.29, 1.82) is 0 Å². The Kier molecular flexibility index (Phi) is 4.62.